The van der Waals surface area contributed by atoms with Crippen molar-refractivity contribution in [1.82, 2.24) is 24.5 Å². The van der Waals surface area contributed by atoms with E-state index in [1.165, 1.54) is 31.4 Å². The second-order valence-electron chi connectivity index (χ2n) is 7.44. The molecule has 2 amide bonds. The maximum atomic E-state index is 13.6. The fraction of sp³-hybridized carbons (Fsp3) is 0.421. The van der Waals surface area contributed by atoms with E-state index < -0.39 is 52.4 Å². The minimum Gasteiger partial charge on any atom is -0.374 e. The molecule has 1 aliphatic rings. The van der Waals surface area contributed by atoms with Gasteiger partial charge in [-0.3, -0.25) is 9.59 Å². The van der Waals surface area contributed by atoms with Gasteiger partial charge in [-0.1, -0.05) is 6.07 Å². The van der Waals surface area contributed by atoms with Gasteiger partial charge in [0.15, 0.2) is 0 Å². The first-order chi connectivity index (χ1) is 15.4. The number of halogens is 3. The molecule has 2 heterocycles. The van der Waals surface area contributed by atoms with Crippen LogP contribution in [0.3, 0.4) is 0 Å². The lowest BCUT2D eigenvalue weighted by molar-refractivity contribution is -0.272. The van der Waals surface area contributed by atoms with E-state index in [1.807, 2.05) is 0 Å². The zero-order chi connectivity index (χ0) is 24.4. The maximum absolute atomic E-state index is 13.6. The number of sulfonamides is 1. The number of aromatic nitrogens is 2. The molecule has 0 radical (unpaired) electrons. The van der Waals surface area contributed by atoms with E-state index in [1.54, 1.807) is 0 Å². The Morgan fingerprint density at radius 1 is 1.33 bits per heavy atom. The highest BCUT2D eigenvalue weighted by Crippen LogP contribution is 2.40. The molecule has 1 aliphatic heterocycles. The number of carbonyl (C=O) groups excluding carboxylic acids is 2. The topological polar surface area (TPSA) is 134 Å². The number of amides is 2. The molecular weight excluding hydrogens is 467 g/mol. The number of carbonyl (C=O) groups is 2. The van der Waals surface area contributed by atoms with Crippen LogP contribution in [0.2, 0.25) is 0 Å². The van der Waals surface area contributed by atoms with Crippen molar-refractivity contribution in [1.29, 1.82) is 0 Å². The summed E-state index contributed by atoms with van der Waals surface area (Å²) in [5.41, 5.74) is -3.40. The molecule has 2 aromatic rings. The van der Waals surface area contributed by atoms with Crippen molar-refractivity contribution in [2.75, 3.05) is 26.2 Å². The maximum Gasteiger partial charge on any atom is 0.424 e. The molecule has 1 aromatic heterocycles. The Morgan fingerprint density at radius 3 is 2.67 bits per heavy atom. The molecule has 10 nitrogen and oxygen atoms in total. The lowest BCUT2D eigenvalue weighted by Gasteiger charge is -2.30. The molecule has 1 atom stereocenters. The van der Waals surface area contributed by atoms with Crippen LogP contribution in [-0.4, -0.2) is 71.6 Å². The van der Waals surface area contributed by atoms with Crippen molar-refractivity contribution < 1.29 is 36.3 Å². The Kier molecular flexibility index (Phi) is 6.81. The first kappa shape index (κ1) is 24.7. The zero-order valence-corrected chi connectivity index (χ0v) is 18.3. The van der Waals surface area contributed by atoms with E-state index in [0.29, 0.717) is 0 Å². The van der Waals surface area contributed by atoms with Gasteiger partial charge < -0.3 is 20.3 Å². The lowest BCUT2D eigenvalue weighted by atomic mass is 9.97. The van der Waals surface area contributed by atoms with Crippen LogP contribution in [-0.2, 0) is 27.5 Å². The molecule has 0 saturated carbocycles. The van der Waals surface area contributed by atoms with Gasteiger partial charge >= 0.3 is 6.18 Å². The van der Waals surface area contributed by atoms with Gasteiger partial charge in [0.2, 0.25) is 21.5 Å². The Balaban J connectivity index is 1.72. The normalized spacial score (nSPS) is 17.3. The fourth-order valence-corrected chi connectivity index (χ4v) is 4.81. The molecule has 0 bridgehead atoms. The Bertz CT molecular complexity index is 1150. The van der Waals surface area contributed by atoms with E-state index in [-0.39, 0.29) is 30.1 Å². The summed E-state index contributed by atoms with van der Waals surface area (Å²) in [6.45, 7) is -0.711. The van der Waals surface area contributed by atoms with E-state index >= 15 is 0 Å². The van der Waals surface area contributed by atoms with Crippen LogP contribution in [0.5, 0.6) is 0 Å². The molecule has 1 aromatic carbocycles. The third-order valence-electron chi connectivity index (χ3n) is 5.17. The van der Waals surface area contributed by atoms with Crippen molar-refractivity contribution in [3.63, 3.8) is 0 Å². The summed E-state index contributed by atoms with van der Waals surface area (Å²) in [5.74, 6) is -1.90. The summed E-state index contributed by atoms with van der Waals surface area (Å²) in [5, 5.41) is 15.1. The van der Waals surface area contributed by atoms with Crippen LogP contribution in [0.4, 0.5) is 13.2 Å². The zero-order valence-electron chi connectivity index (χ0n) is 17.5. The Labute approximate surface area is 187 Å². The number of benzene rings is 1. The fourth-order valence-electron chi connectivity index (χ4n) is 3.37. The largest absolute Gasteiger partial charge is 0.424 e. The quantitative estimate of drug-likeness (QED) is 0.506. The van der Waals surface area contributed by atoms with Crippen LogP contribution in [0.1, 0.15) is 22.6 Å². The molecule has 180 valence electrons. The predicted molar refractivity (Wildman–Crippen MR) is 108 cm³/mol. The van der Waals surface area contributed by atoms with Crippen LogP contribution in [0.15, 0.2) is 41.6 Å². The van der Waals surface area contributed by atoms with Crippen molar-refractivity contribution >= 4 is 21.8 Å². The molecule has 0 spiro atoms. The molecule has 1 fully saturated rings. The standard InChI is InChI=1S/C19H22F3N5O5S/c1-26-9-7-25-17(26)18(30,19(20,21)22)5-6-24-16(29)13-3-2-4-14(11-13)33(31,32)27-10-8-23-15(28)12-27/h2-4,7,9,11,30H,5-6,8,10,12H2,1H3,(H,23,28)(H,24,29). The van der Waals surface area contributed by atoms with Crippen LogP contribution < -0.4 is 10.6 Å². The highest BCUT2D eigenvalue weighted by Gasteiger charge is 2.57. The number of hydrogen-bond acceptors (Lipinski definition) is 6. The van der Waals surface area contributed by atoms with E-state index in [0.717, 1.165) is 21.1 Å². The van der Waals surface area contributed by atoms with Gasteiger partial charge in [-0.2, -0.15) is 17.5 Å². The summed E-state index contributed by atoms with van der Waals surface area (Å²) in [6.07, 6.45) is -3.59. The van der Waals surface area contributed by atoms with E-state index in [2.05, 4.69) is 15.6 Å². The van der Waals surface area contributed by atoms with Gasteiger partial charge in [0.05, 0.1) is 11.4 Å². The van der Waals surface area contributed by atoms with Crippen molar-refractivity contribution in [3.05, 3.63) is 48.0 Å². The molecule has 33 heavy (non-hydrogen) atoms. The minimum atomic E-state index is -5.05. The highest BCUT2D eigenvalue weighted by molar-refractivity contribution is 7.89. The first-order valence-corrected chi connectivity index (χ1v) is 11.2. The molecule has 0 aliphatic carbocycles. The Morgan fingerprint density at radius 2 is 2.06 bits per heavy atom. The minimum absolute atomic E-state index is 0.0632. The second kappa shape index (κ2) is 9.11. The highest BCUT2D eigenvalue weighted by atomic mass is 32.2. The number of hydrogen-bond donors (Lipinski definition) is 3. The number of imidazole rings is 1. The molecule has 1 saturated heterocycles. The van der Waals surface area contributed by atoms with Gasteiger partial charge in [-0.25, -0.2) is 13.4 Å². The molecule has 14 heteroatoms. The number of rotatable bonds is 7. The van der Waals surface area contributed by atoms with Crippen molar-refractivity contribution in [2.24, 2.45) is 7.05 Å². The number of alkyl halides is 3. The molecule has 3 rings (SSSR count). The van der Waals surface area contributed by atoms with Gasteiger partial charge in [0.25, 0.3) is 5.91 Å². The number of nitrogens with zero attached hydrogens (tertiary/aromatic N) is 3. The van der Waals surface area contributed by atoms with Crippen LogP contribution in [0.25, 0.3) is 0 Å². The molecule has 1 unspecified atom stereocenters. The summed E-state index contributed by atoms with van der Waals surface area (Å²) >= 11 is 0. The number of nitrogens with one attached hydrogen (secondary N) is 2. The predicted octanol–water partition coefficient (Wildman–Crippen LogP) is 0.111. The van der Waals surface area contributed by atoms with Crippen LogP contribution in [0, 0.1) is 0 Å². The lowest BCUT2D eigenvalue weighted by Crippen LogP contribution is -2.49. The smallest absolute Gasteiger partial charge is 0.374 e. The second-order valence-corrected chi connectivity index (χ2v) is 9.38. The summed E-state index contributed by atoms with van der Waals surface area (Å²) in [7, 11) is -2.75. The van der Waals surface area contributed by atoms with Gasteiger partial charge in [0.1, 0.15) is 5.82 Å². The summed E-state index contributed by atoms with van der Waals surface area (Å²) in [6, 6.07) is 4.94. The molecular formula is C19H22F3N5O5S. The number of piperazine rings is 1. The molecule has 3 N–H and O–H groups in total. The average Bonchev–Trinajstić information content (AvgIpc) is 3.19. The third kappa shape index (κ3) is 5.02. The first-order valence-electron chi connectivity index (χ1n) is 9.78. The summed E-state index contributed by atoms with van der Waals surface area (Å²) in [4.78, 5) is 27.3. The van der Waals surface area contributed by atoms with Crippen molar-refractivity contribution in [3.8, 4) is 0 Å². The van der Waals surface area contributed by atoms with E-state index in [4.69, 9.17) is 0 Å². The van der Waals surface area contributed by atoms with E-state index in [9.17, 15) is 36.3 Å². The van der Waals surface area contributed by atoms with Crippen LogP contribution >= 0.6 is 0 Å². The summed E-state index contributed by atoms with van der Waals surface area (Å²) < 4.78 is 68.3. The average molecular weight is 489 g/mol. The SMILES string of the molecule is Cn1ccnc1C(O)(CCNC(=O)c1cccc(S(=O)(=O)N2CCNC(=O)C2)c1)C(F)(F)F. The van der Waals surface area contributed by atoms with Gasteiger partial charge in [-0.05, 0) is 18.2 Å². The number of aryl methyl sites for hydroxylation is 1. The number of aliphatic hydroxyl groups is 1. The Hall–Kier alpha value is -2.97. The van der Waals surface area contributed by atoms with Gasteiger partial charge in [0, 0.05) is 51.1 Å². The van der Waals surface area contributed by atoms with Gasteiger partial charge in [-0.15, -0.1) is 0 Å². The monoisotopic (exact) mass is 489 g/mol. The third-order valence-corrected chi connectivity index (χ3v) is 7.01. The van der Waals surface area contributed by atoms with Crippen molar-refractivity contribution in [2.45, 2.75) is 23.1 Å².